The van der Waals surface area contributed by atoms with Gasteiger partial charge in [0.15, 0.2) is 26.8 Å². The predicted octanol–water partition coefficient (Wildman–Crippen LogP) is 5.40. The first-order valence-corrected chi connectivity index (χ1v) is 15.9. The molecule has 8 rings (SSSR count). The summed E-state index contributed by atoms with van der Waals surface area (Å²) < 4.78 is 11.1. The van der Waals surface area contributed by atoms with Gasteiger partial charge in [0.2, 0.25) is 17.7 Å². The number of ether oxygens (including phenoxy) is 1. The summed E-state index contributed by atoms with van der Waals surface area (Å²) in [4.78, 5) is 58.4. The Morgan fingerprint density at radius 3 is 2.40 bits per heavy atom. The van der Waals surface area contributed by atoms with E-state index in [-0.39, 0.29) is 30.2 Å². The van der Waals surface area contributed by atoms with Crippen molar-refractivity contribution in [2.45, 2.75) is 28.5 Å². The van der Waals surface area contributed by atoms with Crippen LogP contribution in [0.15, 0.2) is 82.8 Å². The van der Waals surface area contributed by atoms with Crippen molar-refractivity contribution in [3.8, 4) is 23.0 Å². The number of amides is 4. The standard InChI is InChI=1S/C35H27Cl2N3O7/c1-39-32(44)34(36)16-22-20(28(35(34,37)33(39)45)18-9-14-26(46-2)24(41)15-18)12-13-21-27(22)31(43)40(30(21)42)19-10-7-17(8-11-19)29-38-23-5-3-4-6-25(23)47-29/h3-12,14-15,21-22,27-28,41H,13,16H2,1-2H3. The topological polar surface area (TPSA) is 130 Å². The molecule has 1 aromatic heterocycles. The molecule has 1 saturated carbocycles. The Kier molecular flexibility index (Phi) is 6.43. The second-order valence-corrected chi connectivity index (χ2v) is 13.7. The number of para-hydroxylation sites is 2. The van der Waals surface area contributed by atoms with E-state index < -0.39 is 51.1 Å². The molecule has 6 atom stereocenters. The summed E-state index contributed by atoms with van der Waals surface area (Å²) in [7, 11) is 2.74. The minimum Gasteiger partial charge on any atom is -0.504 e. The summed E-state index contributed by atoms with van der Waals surface area (Å²) in [5.74, 6) is -4.91. The largest absolute Gasteiger partial charge is 0.504 e. The number of phenolic OH excluding ortho intramolecular Hbond substituents is 1. The molecule has 3 aromatic carbocycles. The van der Waals surface area contributed by atoms with Crippen LogP contribution in [0.4, 0.5) is 5.69 Å². The van der Waals surface area contributed by atoms with Crippen LogP contribution >= 0.6 is 23.2 Å². The first kappa shape index (κ1) is 29.7. The number of fused-ring (bicyclic) bond motifs is 5. The third kappa shape index (κ3) is 3.88. The SMILES string of the molecule is COc1ccc(C2C3=CCC4C(=O)N(c5ccc(-c6nc7ccccc7o6)cc5)C(=O)C4C3CC3(Cl)C(=O)N(C)C(=O)C23Cl)cc1O. The van der Waals surface area contributed by atoms with Gasteiger partial charge in [-0.1, -0.05) is 29.8 Å². The molecule has 47 heavy (non-hydrogen) atoms. The number of hydrogen-bond acceptors (Lipinski definition) is 8. The van der Waals surface area contributed by atoms with Crippen molar-refractivity contribution in [3.05, 3.63) is 83.9 Å². The number of halogens is 2. The molecular weight excluding hydrogens is 645 g/mol. The summed E-state index contributed by atoms with van der Waals surface area (Å²) in [6.45, 7) is 0. The van der Waals surface area contributed by atoms with Gasteiger partial charge in [-0.3, -0.25) is 29.0 Å². The van der Waals surface area contributed by atoms with Gasteiger partial charge in [0.1, 0.15) is 5.52 Å². The van der Waals surface area contributed by atoms with Gasteiger partial charge in [-0.25, -0.2) is 4.98 Å². The lowest BCUT2D eigenvalue weighted by molar-refractivity contribution is -0.138. The van der Waals surface area contributed by atoms with Crippen molar-refractivity contribution in [2.75, 3.05) is 19.1 Å². The number of hydrogen-bond donors (Lipinski definition) is 1. The maximum atomic E-state index is 14.3. The van der Waals surface area contributed by atoms with Crippen molar-refractivity contribution in [1.29, 1.82) is 0 Å². The number of aromatic nitrogens is 1. The van der Waals surface area contributed by atoms with Gasteiger partial charge in [-0.2, -0.15) is 0 Å². The number of phenols is 1. The molecule has 3 heterocycles. The van der Waals surface area contributed by atoms with Crippen LogP contribution in [0.25, 0.3) is 22.6 Å². The van der Waals surface area contributed by atoms with Crippen LogP contribution in [0.5, 0.6) is 11.5 Å². The number of likely N-dealkylation sites (tertiary alicyclic amines) is 1. The first-order chi connectivity index (χ1) is 22.5. The summed E-state index contributed by atoms with van der Waals surface area (Å²) in [6.07, 6.45) is 1.94. The number of imide groups is 2. The monoisotopic (exact) mass is 671 g/mol. The highest BCUT2D eigenvalue weighted by atomic mass is 35.5. The zero-order valence-corrected chi connectivity index (χ0v) is 26.7. The first-order valence-electron chi connectivity index (χ1n) is 15.1. The Morgan fingerprint density at radius 1 is 0.957 bits per heavy atom. The summed E-state index contributed by atoms with van der Waals surface area (Å²) in [5, 5.41) is 10.7. The lowest BCUT2D eigenvalue weighted by Gasteiger charge is -2.50. The van der Waals surface area contributed by atoms with E-state index in [0.717, 1.165) is 4.90 Å². The number of oxazole rings is 1. The van der Waals surface area contributed by atoms with Crippen LogP contribution in [0.1, 0.15) is 24.3 Å². The normalized spacial score (nSPS) is 30.0. The highest BCUT2D eigenvalue weighted by Crippen LogP contribution is 2.65. The fourth-order valence-electron chi connectivity index (χ4n) is 8.01. The zero-order chi connectivity index (χ0) is 33.0. The van der Waals surface area contributed by atoms with Gasteiger partial charge < -0.3 is 14.3 Å². The van der Waals surface area contributed by atoms with Crippen molar-refractivity contribution in [2.24, 2.45) is 17.8 Å². The van der Waals surface area contributed by atoms with Crippen LogP contribution in [0, 0.1) is 17.8 Å². The van der Waals surface area contributed by atoms with Crippen molar-refractivity contribution in [1.82, 2.24) is 9.88 Å². The van der Waals surface area contributed by atoms with Gasteiger partial charge >= 0.3 is 0 Å². The van der Waals surface area contributed by atoms with Gasteiger partial charge in [0.05, 0.1) is 24.6 Å². The van der Waals surface area contributed by atoms with Gasteiger partial charge in [0.25, 0.3) is 11.8 Å². The molecule has 4 aromatic rings. The minimum absolute atomic E-state index is 0.123. The smallest absolute Gasteiger partial charge is 0.253 e. The fourth-order valence-corrected chi connectivity index (χ4v) is 9.03. The summed E-state index contributed by atoms with van der Waals surface area (Å²) in [5.41, 5.74) is 3.49. The van der Waals surface area contributed by atoms with Crippen molar-refractivity contribution >= 4 is 63.6 Å². The van der Waals surface area contributed by atoms with E-state index in [9.17, 15) is 24.3 Å². The number of aromatic hydroxyl groups is 1. The number of alkyl halides is 2. The zero-order valence-electron chi connectivity index (χ0n) is 25.1. The number of carbonyl (C=O) groups excluding carboxylic acids is 4. The second kappa shape index (κ2) is 10.2. The average molecular weight is 673 g/mol. The Hall–Kier alpha value is -4.67. The molecule has 2 aliphatic carbocycles. The average Bonchev–Trinajstić information content (AvgIpc) is 3.66. The maximum Gasteiger partial charge on any atom is 0.253 e. The van der Waals surface area contributed by atoms with E-state index in [1.165, 1.54) is 31.2 Å². The summed E-state index contributed by atoms with van der Waals surface area (Å²) in [6, 6.07) is 18.9. The van der Waals surface area contributed by atoms with Crippen LogP contribution in [-0.4, -0.2) is 62.5 Å². The van der Waals surface area contributed by atoms with E-state index in [1.54, 1.807) is 30.3 Å². The molecular formula is C35H27Cl2N3O7. The Labute approximate surface area is 278 Å². The highest BCUT2D eigenvalue weighted by Gasteiger charge is 2.75. The molecule has 2 saturated heterocycles. The Morgan fingerprint density at radius 2 is 1.70 bits per heavy atom. The van der Waals surface area contributed by atoms with Gasteiger partial charge in [-0.05, 0) is 72.9 Å². The molecule has 12 heteroatoms. The molecule has 6 unspecified atom stereocenters. The molecule has 238 valence electrons. The van der Waals surface area contributed by atoms with E-state index in [1.807, 2.05) is 30.3 Å². The number of methoxy groups -OCH3 is 1. The van der Waals surface area contributed by atoms with Crippen LogP contribution < -0.4 is 9.64 Å². The Bertz CT molecular complexity index is 2040. The number of allylic oxidation sites excluding steroid dienone is 2. The number of nitrogens with zero attached hydrogens (tertiary/aromatic N) is 3. The molecule has 10 nitrogen and oxygen atoms in total. The maximum absolute atomic E-state index is 14.3. The van der Waals surface area contributed by atoms with Crippen molar-refractivity contribution in [3.63, 3.8) is 0 Å². The van der Waals surface area contributed by atoms with Gasteiger partial charge in [-0.15, -0.1) is 23.2 Å². The lowest BCUT2D eigenvalue weighted by Crippen LogP contribution is -2.60. The fraction of sp³-hybridized carbons (Fsp3) is 0.286. The van der Waals surface area contributed by atoms with Crippen molar-refractivity contribution < 1.29 is 33.4 Å². The Balaban J connectivity index is 1.18. The predicted molar refractivity (Wildman–Crippen MR) is 172 cm³/mol. The minimum atomic E-state index is -1.94. The molecule has 4 aliphatic rings. The molecule has 4 amide bonds. The number of carbonyl (C=O) groups is 4. The van der Waals surface area contributed by atoms with Crippen LogP contribution in [0.2, 0.25) is 0 Å². The third-order valence-corrected chi connectivity index (χ3v) is 11.6. The van der Waals surface area contributed by atoms with E-state index in [4.69, 9.17) is 32.4 Å². The molecule has 3 fully saturated rings. The molecule has 0 spiro atoms. The number of anilines is 1. The number of benzene rings is 3. The summed E-state index contributed by atoms with van der Waals surface area (Å²) >= 11 is 14.4. The highest BCUT2D eigenvalue weighted by molar-refractivity contribution is 6.53. The van der Waals surface area contributed by atoms with Gasteiger partial charge in [0, 0.05) is 18.5 Å². The van der Waals surface area contributed by atoms with E-state index >= 15 is 0 Å². The van der Waals surface area contributed by atoms with Crippen LogP contribution in [0.3, 0.4) is 0 Å². The quantitative estimate of drug-likeness (QED) is 0.173. The second-order valence-electron chi connectivity index (χ2n) is 12.5. The third-order valence-electron chi connectivity index (χ3n) is 10.2. The van der Waals surface area contributed by atoms with Crippen LogP contribution in [-0.2, 0) is 19.2 Å². The van der Waals surface area contributed by atoms with E-state index in [2.05, 4.69) is 4.98 Å². The van der Waals surface area contributed by atoms with E-state index in [0.29, 0.717) is 39.4 Å². The molecule has 2 aliphatic heterocycles. The molecule has 0 radical (unpaired) electrons. The lowest BCUT2D eigenvalue weighted by atomic mass is 9.56. The number of rotatable bonds is 4. The molecule has 0 bridgehead atoms. The molecule has 1 N–H and O–H groups in total.